The Labute approximate surface area is 102 Å². The molecule has 1 rings (SSSR count). The predicted octanol–water partition coefficient (Wildman–Crippen LogP) is 1.80. The van der Waals surface area contributed by atoms with Gasteiger partial charge in [-0.1, -0.05) is 0 Å². The van der Waals surface area contributed by atoms with Crippen LogP contribution in [0.15, 0.2) is 12.1 Å². The molecule has 0 aliphatic rings. The molecule has 0 aromatic heterocycles. The molecule has 102 valence electrons. The molecule has 0 aliphatic heterocycles. The second-order valence-corrected chi connectivity index (χ2v) is 3.70. The Morgan fingerprint density at radius 3 is 2.44 bits per heavy atom. The lowest BCUT2D eigenvalue weighted by molar-refractivity contribution is -0.137. The Morgan fingerprint density at radius 2 is 2.00 bits per heavy atom. The highest BCUT2D eigenvalue weighted by Crippen LogP contribution is 2.40. The number of hydrogen-bond acceptors (Lipinski definition) is 4. The number of methoxy groups -OCH3 is 1. The molecule has 4 N–H and O–H groups in total. The minimum absolute atomic E-state index is 0.0871. The zero-order valence-corrected chi connectivity index (χ0v) is 9.66. The molecule has 7 heteroatoms. The number of nitrogens with two attached hydrogens (primary N) is 1. The maximum atomic E-state index is 12.5. The van der Waals surface area contributed by atoms with Crippen LogP contribution >= 0.6 is 0 Å². The van der Waals surface area contributed by atoms with Gasteiger partial charge < -0.3 is 20.7 Å². The van der Waals surface area contributed by atoms with E-state index < -0.39 is 23.6 Å². The van der Waals surface area contributed by atoms with E-state index in [1.54, 1.807) is 0 Å². The van der Waals surface area contributed by atoms with Crippen molar-refractivity contribution in [2.45, 2.75) is 18.7 Å². The van der Waals surface area contributed by atoms with E-state index >= 15 is 0 Å². The maximum absolute atomic E-state index is 12.5. The van der Waals surface area contributed by atoms with E-state index in [-0.39, 0.29) is 24.3 Å². The van der Waals surface area contributed by atoms with Crippen LogP contribution in [0.1, 0.15) is 23.7 Å². The minimum Gasteiger partial charge on any atom is -0.507 e. The fourth-order valence-corrected chi connectivity index (χ4v) is 1.58. The lowest BCUT2D eigenvalue weighted by Crippen LogP contribution is -2.10. The zero-order valence-electron chi connectivity index (χ0n) is 9.66. The minimum atomic E-state index is -4.60. The summed E-state index contributed by atoms with van der Waals surface area (Å²) in [5.74, 6) is -0.883. The Kier molecular flexibility index (Phi) is 4.42. The van der Waals surface area contributed by atoms with Crippen molar-refractivity contribution < 1.29 is 28.1 Å². The number of phenolic OH excluding ortho intramolecular Hbond substituents is 1. The van der Waals surface area contributed by atoms with Crippen molar-refractivity contribution in [3.8, 4) is 11.5 Å². The van der Waals surface area contributed by atoms with Crippen LogP contribution in [-0.2, 0) is 6.18 Å². The summed E-state index contributed by atoms with van der Waals surface area (Å²) < 4.78 is 42.3. The quantitative estimate of drug-likeness (QED) is 0.776. The fraction of sp³-hybridized carbons (Fsp3) is 0.455. The molecule has 4 nitrogen and oxygen atoms in total. The van der Waals surface area contributed by atoms with E-state index in [2.05, 4.69) is 0 Å². The molecule has 1 aromatic carbocycles. The van der Waals surface area contributed by atoms with Gasteiger partial charge in [0.1, 0.15) is 11.5 Å². The SMILES string of the molecule is COc1cc(C(F)(F)F)cc(O)c1C(O)CCN. The topological polar surface area (TPSA) is 75.7 Å². The largest absolute Gasteiger partial charge is 0.507 e. The number of phenols is 1. The average molecular weight is 265 g/mol. The molecule has 0 spiro atoms. The molecule has 0 bridgehead atoms. The Morgan fingerprint density at radius 1 is 1.39 bits per heavy atom. The summed E-state index contributed by atoms with van der Waals surface area (Å²) in [5.41, 5.74) is 4.12. The van der Waals surface area contributed by atoms with Gasteiger partial charge in [0.15, 0.2) is 0 Å². The van der Waals surface area contributed by atoms with E-state index in [4.69, 9.17) is 10.5 Å². The molecule has 0 saturated heterocycles. The number of halogens is 3. The van der Waals surface area contributed by atoms with E-state index in [1.807, 2.05) is 0 Å². The first-order valence-corrected chi connectivity index (χ1v) is 5.17. The number of benzene rings is 1. The van der Waals surface area contributed by atoms with Crippen molar-refractivity contribution in [2.24, 2.45) is 5.73 Å². The molecule has 0 heterocycles. The molecule has 0 radical (unpaired) electrons. The first-order chi connectivity index (χ1) is 8.31. The molecule has 0 amide bonds. The monoisotopic (exact) mass is 265 g/mol. The van der Waals surface area contributed by atoms with Gasteiger partial charge in [0, 0.05) is 0 Å². The highest BCUT2D eigenvalue weighted by atomic mass is 19.4. The number of ether oxygens (including phenoxy) is 1. The molecule has 0 fully saturated rings. The molecule has 1 unspecified atom stereocenters. The summed E-state index contributed by atoms with van der Waals surface area (Å²) in [5, 5.41) is 19.3. The summed E-state index contributed by atoms with van der Waals surface area (Å²) >= 11 is 0. The second-order valence-electron chi connectivity index (χ2n) is 3.70. The number of aromatic hydroxyl groups is 1. The predicted molar refractivity (Wildman–Crippen MR) is 58.3 cm³/mol. The Balaban J connectivity index is 3.28. The number of aliphatic hydroxyl groups is 1. The van der Waals surface area contributed by atoms with Crippen molar-refractivity contribution in [2.75, 3.05) is 13.7 Å². The standard InChI is InChI=1S/C11H14F3NO3/c1-18-9-5-6(11(12,13)14)4-8(17)10(9)7(16)2-3-15/h4-5,7,16-17H,2-3,15H2,1H3. The molecular formula is C11H14F3NO3. The van der Waals surface area contributed by atoms with Crippen molar-refractivity contribution in [3.63, 3.8) is 0 Å². The zero-order chi connectivity index (χ0) is 13.9. The van der Waals surface area contributed by atoms with Gasteiger partial charge in [-0.25, -0.2) is 0 Å². The van der Waals surface area contributed by atoms with Crippen molar-refractivity contribution >= 4 is 0 Å². The van der Waals surface area contributed by atoms with Gasteiger partial charge in [0.2, 0.25) is 0 Å². The van der Waals surface area contributed by atoms with Gasteiger partial charge in [-0.05, 0) is 25.1 Å². The van der Waals surface area contributed by atoms with Gasteiger partial charge in [-0.15, -0.1) is 0 Å². The van der Waals surface area contributed by atoms with Crippen LogP contribution in [0, 0.1) is 0 Å². The van der Waals surface area contributed by atoms with Gasteiger partial charge in [-0.2, -0.15) is 13.2 Å². The van der Waals surface area contributed by atoms with Crippen LogP contribution in [0.3, 0.4) is 0 Å². The highest BCUT2D eigenvalue weighted by Gasteiger charge is 2.33. The van der Waals surface area contributed by atoms with Gasteiger partial charge in [0.25, 0.3) is 0 Å². The van der Waals surface area contributed by atoms with E-state index in [1.165, 1.54) is 0 Å². The third kappa shape index (κ3) is 3.05. The number of alkyl halides is 3. The summed E-state index contributed by atoms with van der Waals surface area (Å²) in [7, 11) is 1.16. The van der Waals surface area contributed by atoms with Gasteiger partial charge in [-0.3, -0.25) is 0 Å². The maximum Gasteiger partial charge on any atom is 0.416 e. The Bertz CT molecular complexity index is 421. The summed E-state index contributed by atoms with van der Waals surface area (Å²) in [6, 6.07) is 1.28. The molecule has 1 aromatic rings. The van der Waals surface area contributed by atoms with E-state index in [0.717, 1.165) is 13.2 Å². The van der Waals surface area contributed by atoms with Gasteiger partial charge >= 0.3 is 6.18 Å². The second kappa shape index (κ2) is 5.45. The van der Waals surface area contributed by atoms with Crippen molar-refractivity contribution in [3.05, 3.63) is 23.3 Å². The summed E-state index contributed by atoms with van der Waals surface area (Å²) in [6.07, 6.45) is -5.66. The third-order valence-electron chi connectivity index (χ3n) is 2.44. The van der Waals surface area contributed by atoms with Gasteiger partial charge in [0.05, 0.1) is 24.3 Å². The first kappa shape index (κ1) is 14.6. The van der Waals surface area contributed by atoms with Crippen molar-refractivity contribution in [1.29, 1.82) is 0 Å². The Hall–Kier alpha value is -1.47. The summed E-state index contributed by atoms with van der Waals surface area (Å²) in [4.78, 5) is 0. The smallest absolute Gasteiger partial charge is 0.416 e. The van der Waals surface area contributed by atoms with Crippen molar-refractivity contribution in [1.82, 2.24) is 0 Å². The van der Waals surface area contributed by atoms with Crippen LogP contribution in [0.5, 0.6) is 11.5 Å². The van der Waals surface area contributed by atoms with Crippen LogP contribution in [0.4, 0.5) is 13.2 Å². The van der Waals surface area contributed by atoms with E-state index in [9.17, 15) is 23.4 Å². The highest BCUT2D eigenvalue weighted by molar-refractivity contribution is 5.49. The molecule has 0 saturated carbocycles. The van der Waals surface area contributed by atoms with E-state index in [0.29, 0.717) is 6.07 Å². The molecule has 18 heavy (non-hydrogen) atoms. The average Bonchev–Trinajstić information content (AvgIpc) is 2.26. The molecule has 0 aliphatic carbocycles. The van der Waals surface area contributed by atoms with Crippen LogP contribution in [0.25, 0.3) is 0 Å². The molecular weight excluding hydrogens is 251 g/mol. The molecule has 1 atom stereocenters. The number of hydrogen-bond donors (Lipinski definition) is 3. The summed E-state index contributed by atoms with van der Waals surface area (Å²) in [6.45, 7) is 0.130. The number of aliphatic hydroxyl groups excluding tert-OH is 1. The lowest BCUT2D eigenvalue weighted by atomic mass is 10.0. The lowest BCUT2D eigenvalue weighted by Gasteiger charge is -2.18. The third-order valence-corrected chi connectivity index (χ3v) is 2.44. The van der Waals surface area contributed by atoms with Crippen LogP contribution < -0.4 is 10.5 Å². The van der Waals surface area contributed by atoms with Crippen LogP contribution in [0.2, 0.25) is 0 Å². The first-order valence-electron chi connectivity index (χ1n) is 5.17. The van der Waals surface area contributed by atoms with Crippen LogP contribution in [-0.4, -0.2) is 23.9 Å². The number of rotatable bonds is 4. The fourth-order valence-electron chi connectivity index (χ4n) is 1.58. The normalized spacial score (nSPS) is 13.4.